The molecule has 1 aromatic heterocycles. The van der Waals surface area contributed by atoms with Crippen LogP contribution in [0.4, 0.5) is 0 Å². The quantitative estimate of drug-likeness (QED) is 0.248. The van der Waals surface area contributed by atoms with Crippen molar-refractivity contribution in [1.82, 2.24) is 4.57 Å². The zero-order valence-corrected chi connectivity index (χ0v) is 19.7. The monoisotopic (exact) mass is 422 g/mol. The minimum absolute atomic E-state index is 0.0756. The summed E-state index contributed by atoms with van der Waals surface area (Å²) in [6.07, 6.45) is 9.05. The Balaban J connectivity index is 1.73. The maximum atomic E-state index is 9.94. The standard InChI is InChI=1S/C30H34N2/c1-4-5-6-7-8-13-20-30(2,3)24-19-18-23(22-31)29(21-24)32-27-16-11-9-14-25(27)26-15-10-12-17-28(26)32/h9-12,14-19,21H,4-8,13,20H2,1-3H3. The molecule has 0 saturated carbocycles. The molecule has 0 fully saturated rings. The van der Waals surface area contributed by atoms with E-state index in [9.17, 15) is 5.26 Å². The van der Waals surface area contributed by atoms with Gasteiger partial charge in [-0.15, -0.1) is 0 Å². The van der Waals surface area contributed by atoms with Crippen LogP contribution in [-0.4, -0.2) is 4.57 Å². The first-order valence-electron chi connectivity index (χ1n) is 12.1. The Morgan fingerprint density at radius 3 is 2.00 bits per heavy atom. The van der Waals surface area contributed by atoms with Gasteiger partial charge in [0, 0.05) is 10.8 Å². The summed E-state index contributed by atoms with van der Waals surface area (Å²) in [5.41, 5.74) is 5.38. The molecule has 0 aliphatic carbocycles. The Morgan fingerprint density at radius 1 is 0.781 bits per heavy atom. The van der Waals surface area contributed by atoms with Gasteiger partial charge in [-0.3, -0.25) is 0 Å². The van der Waals surface area contributed by atoms with E-state index in [-0.39, 0.29) is 5.41 Å². The molecule has 1 heterocycles. The number of hydrogen-bond donors (Lipinski definition) is 0. The first-order valence-corrected chi connectivity index (χ1v) is 12.1. The summed E-state index contributed by atoms with van der Waals surface area (Å²) in [5, 5.41) is 12.4. The van der Waals surface area contributed by atoms with Crippen LogP contribution in [0, 0.1) is 11.3 Å². The van der Waals surface area contributed by atoms with Crippen LogP contribution in [0.3, 0.4) is 0 Å². The molecule has 32 heavy (non-hydrogen) atoms. The van der Waals surface area contributed by atoms with Crippen molar-refractivity contribution in [2.45, 2.75) is 71.1 Å². The van der Waals surface area contributed by atoms with Crippen LogP contribution in [0.2, 0.25) is 0 Å². The SMILES string of the molecule is CCCCCCCCC(C)(C)c1ccc(C#N)c(-n2c3ccccc3c3ccccc32)c1. The van der Waals surface area contributed by atoms with E-state index in [0.29, 0.717) is 0 Å². The normalized spacial score (nSPS) is 11.8. The molecule has 2 heteroatoms. The summed E-state index contributed by atoms with van der Waals surface area (Å²) in [5.74, 6) is 0. The lowest BCUT2D eigenvalue weighted by Crippen LogP contribution is -2.17. The maximum absolute atomic E-state index is 9.94. The lowest BCUT2D eigenvalue weighted by molar-refractivity contribution is 0.442. The van der Waals surface area contributed by atoms with E-state index in [2.05, 4.69) is 92.1 Å². The van der Waals surface area contributed by atoms with Crippen molar-refractivity contribution >= 4 is 21.8 Å². The van der Waals surface area contributed by atoms with Crippen LogP contribution >= 0.6 is 0 Å². The van der Waals surface area contributed by atoms with E-state index >= 15 is 0 Å². The molecule has 2 nitrogen and oxygen atoms in total. The van der Waals surface area contributed by atoms with Crippen LogP contribution in [0.25, 0.3) is 27.5 Å². The molecule has 0 atom stereocenters. The smallest absolute Gasteiger partial charge is 0.101 e. The molecular formula is C30H34N2. The molecule has 0 aliphatic heterocycles. The third kappa shape index (κ3) is 4.30. The topological polar surface area (TPSA) is 28.7 Å². The number of para-hydroxylation sites is 2. The van der Waals surface area contributed by atoms with Crippen molar-refractivity contribution in [3.05, 3.63) is 77.9 Å². The first-order chi connectivity index (χ1) is 15.6. The van der Waals surface area contributed by atoms with Crippen molar-refractivity contribution in [2.24, 2.45) is 0 Å². The van der Waals surface area contributed by atoms with Gasteiger partial charge in [0.05, 0.1) is 22.3 Å². The Hall–Kier alpha value is -3.05. The number of nitrogens with zero attached hydrogens (tertiary/aromatic N) is 2. The Labute approximate surface area is 192 Å². The van der Waals surface area contributed by atoms with Gasteiger partial charge in [-0.25, -0.2) is 0 Å². The summed E-state index contributed by atoms with van der Waals surface area (Å²) in [6, 6.07) is 25.9. The summed E-state index contributed by atoms with van der Waals surface area (Å²) in [4.78, 5) is 0. The fourth-order valence-corrected chi connectivity index (χ4v) is 4.91. The van der Waals surface area contributed by atoms with Crippen molar-refractivity contribution in [1.29, 1.82) is 5.26 Å². The zero-order chi connectivity index (χ0) is 22.6. The molecular weight excluding hydrogens is 388 g/mol. The minimum atomic E-state index is 0.0756. The molecule has 0 bridgehead atoms. The molecule has 164 valence electrons. The predicted molar refractivity (Wildman–Crippen MR) is 137 cm³/mol. The van der Waals surface area contributed by atoms with E-state index < -0.39 is 0 Å². The fourth-order valence-electron chi connectivity index (χ4n) is 4.91. The highest BCUT2D eigenvalue weighted by Crippen LogP contribution is 2.36. The third-order valence-corrected chi connectivity index (χ3v) is 6.88. The lowest BCUT2D eigenvalue weighted by atomic mass is 9.79. The predicted octanol–water partition coefficient (Wildman–Crippen LogP) is 8.68. The summed E-state index contributed by atoms with van der Waals surface area (Å²) >= 11 is 0. The molecule has 3 aromatic carbocycles. The van der Waals surface area contributed by atoms with Crippen LogP contribution in [0.5, 0.6) is 0 Å². The highest BCUT2D eigenvalue weighted by Gasteiger charge is 2.23. The van der Waals surface area contributed by atoms with E-state index in [0.717, 1.165) is 28.7 Å². The average molecular weight is 423 g/mol. The van der Waals surface area contributed by atoms with Gasteiger partial charge < -0.3 is 4.57 Å². The summed E-state index contributed by atoms with van der Waals surface area (Å²) < 4.78 is 2.27. The van der Waals surface area contributed by atoms with Crippen molar-refractivity contribution < 1.29 is 0 Å². The zero-order valence-electron chi connectivity index (χ0n) is 19.7. The minimum Gasteiger partial charge on any atom is -0.308 e. The Bertz CT molecular complexity index is 1200. The molecule has 0 aliphatic rings. The van der Waals surface area contributed by atoms with Crippen LogP contribution in [0.1, 0.15) is 76.8 Å². The van der Waals surface area contributed by atoms with E-state index in [1.54, 1.807) is 0 Å². The van der Waals surface area contributed by atoms with E-state index in [1.165, 1.54) is 54.9 Å². The van der Waals surface area contributed by atoms with Gasteiger partial charge in [0.15, 0.2) is 0 Å². The number of aromatic nitrogens is 1. The van der Waals surface area contributed by atoms with E-state index in [4.69, 9.17) is 0 Å². The second-order valence-corrected chi connectivity index (χ2v) is 9.62. The van der Waals surface area contributed by atoms with Gasteiger partial charge in [0.1, 0.15) is 6.07 Å². The second kappa shape index (κ2) is 9.61. The van der Waals surface area contributed by atoms with Gasteiger partial charge in [-0.2, -0.15) is 5.26 Å². The Morgan fingerprint density at radius 2 is 1.38 bits per heavy atom. The largest absolute Gasteiger partial charge is 0.308 e. The number of nitriles is 1. The third-order valence-electron chi connectivity index (χ3n) is 6.88. The molecule has 0 amide bonds. The number of fused-ring (bicyclic) bond motifs is 3. The average Bonchev–Trinajstić information content (AvgIpc) is 3.15. The van der Waals surface area contributed by atoms with Crippen molar-refractivity contribution in [2.75, 3.05) is 0 Å². The van der Waals surface area contributed by atoms with Gasteiger partial charge in [-0.05, 0) is 41.7 Å². The van der Waals surface area contributed by atoms with Crippen LogP contribution in [0.15, 0.2) is 66.7 Å². The molecule has 0 spiro atoms. The van der Waals surface area contributed by atoms with Crippen LogP contribution in [-0.2, 0) is 5.41 Å². The van der Waals surface area contributed by atoms with Gasteiger partial charge in [0.25, 0.3) is 0 Å². The molecule has 0 radical (unpaired) electrons. The molecule has 0 N–H and O–H groups in total. The number of rotatable bonds is 9. The number of unbranched alkanes of at least 4 members (excludes halogenated alkanes) is 5. The van der Waals surface area contributed by atoms with Gasteiger partial charge in [-0.1, -0.05) is 102 Å². The molecule has 0 unspecified atom stereocenters. The summed E-state index contributed by atoms with van der Waals surface area (Å²) in [7, 11) is 0. The van der Waals surface area contributed by atoms with E-state index in [1.807, 2.05) is 6.07 Å². The van der Waals surface area contributed by atoms with Gasteiger partial charge >= 0.3 is 0 Å². The van der Waals surface area contributed by atoms with Gasteiger partial charge in [0.2, 0.25) is 0 Å². The first kappa shape index (κ1) is 22.2. The highest BCUT2D eigenvalue weighted by molar-refractivity contribution is 6.09. The highest BCUT2D eigenvalue weighted by atomic mass is 15.0. The van der Waals surface area contributed by atoms with Crippen molar-refractivity contribution in [3.8, 4) is 11.8 Å². The molecule has 0 saturated heterocycles. The summed E-state index contributed by atoms with van der Waals surface area (Å²) in [6.45, 7) is 6.95. The Kier molecular flexibility index (Phi) is 6.66. The molecule has 4 rings (SSSR count). The molecule has 4 aromatic rings. The van der Waals surface area contributed by atoms with Crippen molar-refractivity contribution in [3.63, 3.8) is 0 Å². The number of hydrogen-bond acceptors (Lipinski definition) is 1. The maximum Gasteiger partial charge on any atom is 0.101 e. The van der Waals surface area contributed by atoms with Crippen LogP contribution < -0.4 is 0 Å². The second-order valence-electron chi connectivity index (χ2n) is 9.62. The number of benzene rings is 3. The lowest BCUT2D eigenvalue weighted by Gasteiger charge is -2.26. The fraction of sp³-hybridized carbons (Fsp3) is 0.367.